The van der Waals surface area contributed by atoms with Gasteiger partial charge < -0.3 is 9.73 Å². The number of nitrogens with one attached hydrogen (secondary N) is 1. The lowest BCUT2D eigenvalue weighted by atomic mass is 10.1. The average molecular weight is 411 g/mol. The highest BCUT2D eigenvalue weighted by Gasteiger charge is 2.31. The van der Waals surface area contributed by atoms with Crippen molar-refractivity contribution >= 4 is 28.9 Å². The van der Waals surface area contributed by atoms with Crippen LogP contribution < -0.4 is 5.32 Å². The maximum absolute atomic E-state index is 12.7. The van der Waals surface area contributed by atoms with Crippen LogP contribution in [0.3, 0.4) is 0 Å². The van der Waals surface area contributed by atoms with E-state index in [1.165, 1.54) is 30.3 Å². The van der Waals surface area contributed by atoms with E-state index in [1.54, 1.807) is 6.07 Å². The molecule has 1 amide bonds. The lowest BCUT2D eigenvalue weighted by molar-refractivity contribution is -0.384. The third kappa shape index (κ3) is 3.99. The number of rotatable bonds is 4. The Kier molecular flexibility index (Phi) is 5.10. The molecular weight excluding hydrogens is 401 g/mol. The first-order valence-electron chi connectivity index (χ1n) is 7.68. The summed E-state index contributed by atoms with van der Waals surface area (Å²) in [5, 5.41) is 13.1. The van der Waals surface area contributed by atoms with Crippen LogP contribution >= 0.6 is 11.6 Å². The molecule has 1 heterocycles. The molecule has 10 heteroatoms. The van der Waals surface area contributed by atoms with Gasteiger partial charge in [-0.3, -0.25) is 14.9 Å². The Balaban J connectivity index is 1.83. The number of nitro groups is 1. The number of nitro benzene ring substituents is 1. The molecule has 0 fully saturated rings. The number of carbonyl (C=O) groups is 1. The van der Waals surface area contributed by atoms with Crippen molar-refractivity contribution in [3.05, 3.63) is 81.1 Å². The highest BCUT2D eigenvalue weighted by molar-refractivity contribution is 6.34. The number of furan rings is 1. The Hall–Kier alpha value is -3.33. The standard InChI is InChI=1S/C18H10ClF3N2O4/c19-12-9-10(18(20,21)22)5-6-13(12)23-17(25)16-8-7-15(28-16)11-3-1-2-4-14(11)24(26)27/h1-9H,(H,23,25). The average Bonchev–Trinajstić information content (AvgIpc) is 3.12. The minimum absolute atomic E-state index is 0.0386. The third-order valence-corrected chi connectivity index (χ3v) is 4.05. The van der Waals surface area contributed by atoms with Gasteiger partial charge in [0, 0.05) is 6.07 Å². The number of anilines is 1. The molecule has 0 atom stereocenters. The molecule has 0 aliphatic heterocycles. The molecule has 3 aromatic rings. The van der Waals surface area contributed by atoms with Crippen LogP contribution in [-0.4, -0.2) is 10.8 Å². The Morgan fingerprint density at radius 3 is 2.46 bits per heavy atom. The van der Waals surface area contributed by atoms with Crippen molar-refractivity contribution in [3.8, 4) is 11.3 Å². The van der Waals surface area contributed by atoms with Crippen molar-refractivity contribution in [2.24, 2.45) is 0 Å². The quantitative estimate of drug-likeness (QED) is 0.436. The van der Waals surface area contributed by atoms with Gasteiger partial charge in [0.05, 0.1) is 26.8 Å². The number of hydrogen-bond acceptors (Lipinski definition) is 4. The molecule has 0 aliphatic carbocycles. The fourth-order valence-electron chi connectivity index (χ4n) is 2.42. The van der Waals surface area contributed by atoms with E-state index in [4.69, 9.17) is 16.0 Å². The van der Waals surface area contributed by atoms with E-state index in [9.17, 15) is 28.1 Å². The van der Waals surface area contributed by atoms with E-state index < -0.39 is 22.6 Å². The van der Waals surface area contributed by atoms with Crippen molar-refractivity contribution in [1.29, 1.82) is 0 Å². The molecule has 28 heavy (non-hydrogen) atoms. The molecule has 1 N–H and O–H groups in total. The molecule has 1 aromatic heterocycles. The number of benzene rings is 2. The van der Waals surface area contributed by atoms with Crippen molar-refractivity contribution in [2.75, 3.05) is 5.32 Å². The Morgan fingerprint density at radius 2 is 1.82 bits per heavy atom. The van der Waals surface area contributed by atoms with Crippen molar-refractivity contribution in [1.82, 2.24) is 0 Å². The third-order valence-electron chi connectivity index (χ3n) is 3.74. The van der Waals surface area contributed by atoms with Crippen LogP contribution in [0.1, 0.15) is 16.1 Å². The Bertz CT molecular complexity index is 1060. The summed E-state index contributed by atoms with van der Waals surface area (Å²) in [6.45, 7) is 0. The fourth-order valence-corrected chi connectivity index (χ4v) is 2.65. The van der Waals surface area contributed by atoms with E-state index in [0.29, 0.717) is 6.07 Å². The molecule has 0 bridgehead atoms. The molecular formula is C18H10ClF3N2O4. The van der Waals surface area contributed by atoms with E-state index in [-0.39, 0.29) is 33.5 Å². The maximum atomic E-state index is 12.7. The molecule has 144 valence electrons. The molecule has 0 saturated carbocycles. The van der Waals surface area contributed by atoms with Gasteiger partial charge in [0.15, 0.2) is 5.76 Å². The largest absolute Gasteiger partial charge is 0.451 e. The second kappa shape index (κ2) is 7.35. The zero-order valence-corrected chi connectivity index (χ0v) is 14.5. The zero-order chi connectivity index (χ0) is 20.5. The minimum Gasteiger partial charge on any atom is -0.451 e. The highest BCUT2D eigenvalue weighted by atomic mass is 35.5. The number of alkyl halides is 3. The summed E-state index contributed by atoms with van der Waals surface area (Å²) >= 11 is 5.80. The lowest BCUT2D eigenvalue weighted by Gasteiger charge is -2.10. The van der Waals surface area contributed by atoms with Crippen LogP contribution in [0.15, 0.2) is 59.0 Å². The second-order valence-electron chi connectivity index (χ2n) is 5.58. The van der Waals surface area contributed by atoms with Crippen LogP contribution in [0.25, 0.3) is 11.3 Å². The minimum atomic E-state index is -4.56. The summed E-state index contributed by atoms with van der Waals surface area (Å²) in [5.41, 5.74) is -1.01. The SMILES string of the molecule is O=C(Nc1ccc(C(F)(F)F)cc1Cl)c1ccc(-c2ccccc2[N+](=O)[O-])o1. The highest BCUT2D eigenvalue weighted by Crippen LogP contribution is 2.34. The number of carbonyl (C=O) groups excluding carboxylic acids is 1. The van der Waals surface area contributed by atoms with Gasteiger partial charge in [-0.25, -0.2) is 0 Å². The number of para-hydroxylation sites is 1. The van der Waals surface area contributed by atoms with Crippen LogP contribution in [0.2, 0.25) is 5.02 Å². The number of nitrogens with zero attached hydrogens (tertiary/aromatic N) is 1. The topological polar surface area (TPSA) is 85.4 Å². The van der Waals surface area contributed by atoms with Crippen molar-refractivity contribution in [2.45, 2.75) is 6.18 Å². The summed E-state index contributed by atoms with van der Waals surface area (Å²) in [6, 6.07) is 11.0. The molecule has 0 saturated heterocycles. The molecule has 0 spiro atoms. The van der Waals surface area contributed by atoms with Crippen LogP contribution in [0.5, 0.6) is 0 Å². The van der Waals surface area contributed by atoms with Crippen molar-refractivity contribution in [3.63, 3.8) is 0 Å². The van der Waals surface area contributed by atoms with E-state index >= 15 is 0 Å². The molecule has 6 nitrogen and oxygen atoms in total. The van der Waals surface area contributed by atoms with Crippen molar-refractivity contribution < 1.29 is 27.3 Å². The lowest BCUT2D eigenvalue weighted by Crippen LogP contribution is -2.12. The second-order valence-corrected chi connectivity index (χ2v) is 5.99. The first kappa shape index (κ1) is 19.4. The van der Waals surface area contributed by atoms with Crippen LogP contribution in [0.4, 0.5) is 24.5 Å². The monoisotopic (exact) mass is 410 g/mol. The number of halogens is 4. The van der Waals surface area contributed by atoms with E-state index in [2.05, 4.69) is 5.32 Å². The van der Waals surface area contributed by atoms with Gasteiger partial charge in [0.1, 0.15) is 5.76 Å². The van der Waals surface area contributed by atoms with E-state index in [1.807, 2.05) is 0 Å². The first-order chi connectivity index (χ1) is 13.2. The summed E-state index contributed by atoms with van der Waals surface area (Å²) in [4.78, 5) is 22.8. The summed E-state index contributed by atoms with van der Waals surface area (Å²) in [5.74, 6) is -0.869. The fraction of sp³-hybridized carbons (Fsp3) is 0.0556. The molecule has 0 radical (unpaired) electrons. The predicted octanol–water partition coefficient (Wildman–Crippen LogP) is 5.78. The molecule has 2 aromatic carbocycles. The van der Waals surface area contributed by atoms with E-state index in [0.717, 1.165) is 12.1 Å². The summed E-state index contributed by atoms with van der Waals surface area (Å²) in [6.07, 6.45) is -4.56. The van der Waals surface area contributed by atoms with Crippen LogP contribution in [-0.2, 0) is 6.18 Å². The number of hydrogen-bond donors (Lipinski definition) is 1. The van der Waals surface area contributed by atoms with Gasteiger partial charge in [-0.2, -0.15) is 13.2 Å². The smallest absolute Gasteiger partial charge is 0.416 e. The Labute approximate surface area is 160 Å². The van der Waals surface area contributed by atoms with Gasteiger partial charge in [-0.05, 0) is 36.4 Å². The number of amides is 1. The summed E-state index contributed by atoms with van der Waals surface area (Å²) < 4.78 is 43.4. The normalized spacial score (nSPS) is 11.3. The first-order valence-corrected chi connectivity index (χ1v) is 8.06. The van der Waals surface area contributed by atoms with Gasteiger partial charge >= 0.3 is 6.18 Å². The zero-order valence-electron chi connectivity index (χ0n) is 13.8. The van der Waals surface area contributed by atoms with Gasteiger partial charge in [-0.1, -0.05) is 23.7 Å². The Morgan fingerprint density at radius 1 is 1.11 bits per heavy atom. The molecule has 0 aliphatic rings. The predicted molar refractivity (Wildman–Crippen MR) is 95.2 cm³/mol. The van der Waals surface area contributed by atoms with Gasteiger partial charge in [-0.15, -0.1) is 0 Å². The summed E-state index contributed by atoms with van der Waals surface area (Å²) in [7, 11) is 0. The molecule has 0 unspecified atom stereocenters. The van der Waals surface area contributed by atoms with Gasteiger partial charge in [0.25, 0.3) is 11.6 Å². The maximum Gasteiger partial charge on any atom is 0.416 e. The van der Waals surface area contributed by atoms with Gasteiger partial charge in [0.2, 0.25) is 0 Å². The molecule has 3 rings (SSSR count). The van der Waals surface area contributed by atoms with Crippen LogP contribution in [0, 0.1) is 10.1 Å².